The number of rotatable bonds is 9. The van der Waals surface area contributed by atoms with E-state index in [-0.39, 0.29) is 6.03 Å². The number of nitrogens with one attached hydrogen (secondary N) is 1. The fraction of sp³-hybridized carbons (Fsp3) is 0.231. The van der Waals surface area contributed by atoms with E-state index in [0.29, 0.717) is 19.7 Å². The fourth-order valence-corrected chi connectivity index (χ4v) is 3.78. The van der Waals surface area contributed by atoms with Gasteiger partial charge in [-0.05, 0) is 30.9 Å². The first-order valence-corrected chi connectivity index (χ1v) is 10.9. The summed E-state index contributed by atoms with van der Waals surface area (Å²) < 4.78 is 7.81. The van der Waals surface area contributed by atoms with Crippen molar-refractivity contribution in [2.24, 2.45) is 0 Å². The first-order chi connectivity index (χ1) is 15.7. The van der Waals surface area contributed by atoms with E-state index in [2.05, 4.69) is 10.3 Å². The normalized spacial score (nSPS) is 10.8. The van der Waals surface area contributed by atoms with Gasteiger partial charge in [0.2, 0.25) is 0 Å². The van der Waals surface area contributed by atoms with Crippen molar-refractivity contribution in [3.63, 3.8) is 0 Å². The molecule has 0 saturated carbocycles. The van der Waals surface area contributed by atoms with Gasteiger partial charge in [-0.3, -0.25) is 0 Å². The summed E-state index contributed by atoms with van der Waals surface area (Å²) in [5.74, 6) is 0.813. The van der Waals surface area contributed by atoms with Crippen molar-refractivity contribution >= 4 is 22.5 Å². The van der Waals surface area contributed by atoms with Crippen molar-refractivity contribution < 1.29 is 9.53 Å². The van der Waals surface area contributed by atoms with Crippen LogP contribution in [0.15, 0.2) is 85.5 Å². The van der Waals surface area contributed by atoms with Crippen molar-refractivity contribution in [3.8, 4) is 5.75 Å². The number of hydrogen-bond acceptors (Lipinski definition) is 3. The molecule has 3 aromatic carbocycles. The summed E-state index contributed by atoms with van der Waals surface area (Å²) in [7, 11) is 0. The Hall–Kier alpha value is -3.80. The van der Waals surface area contributed by atoms with Crippen LogP contribution in [0, 0.1) is 0 Å². The van der Waals surface area contributed by atoms with Gasteiger partial charge >= 0.3 is 6.03 Å². The lowest BCUT2D eigenvalue weighted by Crippen LogP contribution is -2.35. The number of aryl methyl sites for hydroxylation is 1. The Kier molecular flexibility index (Phi) is 7.02. The molecule has 4 aromatic rings. The number of carbonyl (C=O) groups excluding carboxylic acids is 1. The monoisotopic (exact) mass is 428 g/mol. The Morgan fingerprint density at radius 1 is 1.06 bits per heavy atom. The number of imidazole rings is 1. The molecule has 0 aliphatic rings. The molecule has 32 heavy (non-hydrogen) atoms. The smallest absolute Gasteiger partial charge is 0.322 e. The molecule has 164 valence electrons. The highest BCUT2D eigenvalue weighted by Crippen LogP contribution is 2.24. The standard InChI is InChI=1S/C26H28N4O2/c1-2-32-25-14-6-4-10-22(25)19-30(17-8-16-29-18-15-27-20-29)26(31)28-24-13-7-11-21-9-3-5-12-23(21)24/h3-7,9-15,18,20H,2,8,16-17,19H2,1H3,(H,28,31). The summed E-state index contributed by atoms with van der Waals surface area (Å²) in [5.41, 5.74) is 1.80. The highest BCUT2D eigenvalue weighted by molar-refractivity contribution is 6.01. The van der Waals surface area contributed by atoms with Crippen LogP contribution < -0.4 is 10.1 Å². The summed E-state index contributed by atoms with van der Waals surface area (Å²) >= 11 is 0. The van der Waals surface area contributed by atoms with E-state index in [1.165, 1.54) is 0 Å². The molecule has 1 N–H and O–H groups in total. The molecule has 1 heterocycles. The van der Waals surface area contributed by atoms with Gasteiger partial charge in [-0.1, -0.05) is 54.6 Å². The number of hydrogen-bond donors (Lipinski definition) is 1. The number of amides is 2. The predicted octanol–water partition coefficient (Wildman–Crippen LogP) is 5.56. The minimum atomic E-state index is -0.127. The second kappa shape index (κ2) is 10.5. The van der Waals surface area contributed by atoms with E-state index in [1.54, 1.807) is 12.5 Å². The third-order valence-corrected chi connectivity index (χ3v) is 5.36. The van der Waals surface area contributed by atoms with Crippen LogP contribution in [0.3, 0.4) is 0 Å². The van der Waals surface area contributed by atoms with Crippen molar-refractivity contribution in [1.82, 2.24) is 14.5 Å². The predicted molar refractivity (Wildman–Crippen MR) is 128 cm³/mol. The molecule has 0 aliphatic heterocycles. The molecular weight excluding hydrogens is 400 g/mol. The first kappa shape index (κ1) is 21.4. The molecule has 6 nitrogen and oxygen atoms in total. The van der Waals surface area contributed by atoms with Crippen LogP contribution >= 0.6 is 0 Å². The van der Waals surface area contributed by atoms with E-state index >= 15 is 0 Å². The molecule has 0 spiro atoms. The summed E-state index contributed by atoms with van der Waals surface area (Å²) in [4.78, 5) is 19.3. The molecule has 2 amide bonds. The van der Waals surface area contributed by atoms with Gasteiger partial charge in [0.05, 0.1) is 25.2 Å². The third kappa shape index (κ3) is 5.27. The molecule has 0 aliphatic carbocycles. The molecule has 0 bridgehead atoms. The Morgan fingerprint density at radius 2 is 1.88 bits per heavy atom. The summed E-state index contributed by atoms with van der Waals surface area (Å²) in [6.45, 7) is 4.42. The molecule has 0 atom stereocenters. The van der Waals surface area contributed by atoms with Crippen LogP contribution in [-0.2, 0) is 13.1 Å². The van der Waals surface area contributed by atoms with Crippen LogP contribution in [0.2, 0.25) is 0 Å². The average Bonchev–Trinajstić information content (AvgIpc) is 3.33. The van der Waals surface area contributed by atoms with E-state index < -0.39 is 0 Å². The second-order valence-electron chi connectivity index (χ2n) is 7.57. The van der Waals surface area contributed by atoms with Crippen molar-refractivity contribution in [3.05, 3.63) is 91.0 Å². The summed E-state index contributed by atoms with van der Waals surface area (Å²) in [6.07, 6.45) is 6.31. The van der Waals surface area contributed by atoms with E-state index in [4.69, 9.17) is 4.74 Å². The average molecular weight is 429 g/mol. The molecular formula is C26H28N4O2. The molecule has 6 heteroatoms. The quantitative estimate of drug-likeness (QED) is 0.380. The molecule has 0 unspecified atom stereocenters. The van der Waals surface area contributed by atoms with Gasteiger partial charge in [0.15, 0.2) is 0 Å². The number of fused-ring (bicyclic) bond motifs is 1. The maximum Gasteiger partial charge on any atom is 0.322 e. The van der Waals surface area contributed by atoms with Gasteiger partial charge < -0.3 is 19.5 Å². The van der Waals surface area contributed by atoms with Gasteiger partial charge in [-0.25, -0.2) is 9.78 Å². The van der Waals surface area contributed by atoms with Gasteiger partial charge in [0.1, 0.15) is 5.75 Å². The number of urea groups is 1. The highest BCUT2D eigenvalue weighted by atomic mass is 16.5. The van der Waals surface area contributed by atoms with Crippen LogP contribution in [0.4, 0.5) is 10.5 Å². The number of carbonyl (C=O) groups is 1. The number of para-hydroxylation sites is 1. The molecule has 0 saturated heterocycles. The lowest BCUT2D eigenvalue weighted by Gasteiger charge is -2.25. The van der Waals surface area contributed by atoms with E-state index in [0.717, 1.165) is 40.7 Å². The van der Waals surface area contributed by atoms with Crippen molar-refractivity contribution in [2.45, 2.75) is 26.4 Å². The Labute approximate surface area is 188 Å². The molecule has 1 aromatic heterocycles. The third-order valence-electron chi connectivity index (χ3n) is 5.36. The highest BCUT2D eigenvalue weighted by Gasteiger charge is 2.17. The SMILES string of the molecule is CCOc1ccccc1CN(CCCn1ccnc1)C(=O)Nc1cccc2ccccc12. The second-order valence-corrected chi connectivity index (χ2v) is 7.57. The molecule has 0 fully saturated rings. The number of anilines is 1. The summed E-state index contributed by atoms with van der Waals surface area (Å²) in [5, 5.41) is 5.25. The van der Waals surface area contributed by atoms with E-state index in [9.17, 15) is 4.79 Å². The zero-order valence-electron chi connectivity index (χ0n) is 18.3. The Balaban J connectivity index is 1.53. The minimum Gasteiger partial charge on any atom is -0.494 e. The molecule has 4 rings (SSSR count). The van der Waals surface area contributed by atoms with Gasteiger partial charge in [0, 0.05) is 36.4 Å². The van der Waals surface area contributed by atoms with Crippen LogP contribution in [0.1, 0.15) is 18.9 Å². The first-order valence-electron chi connectivity index (χ1n) is 10.9. The van der Waals surface area contributed by atoms with Gasteiger partial charge in [-0.2, -0.15) is 0 Å². The lowest BCUT2D eigenvalue weighted by atomic mass is 10.1. The fourth-order valence-electron chi connectivity index (χ4n) is 3.78. The molecule has 0 radical (unpaired) electrons. The number of benzene rings is 3. The van der Waals surface area contributed by atoms with Crippen LogP contribution in [-0.4, -0.2) is 33.6 Å². The Bertz CT molecular complexity index is 1150. The topological polar surface area (TPSA) is 59.4 Å². The largest absolute Gasteiger partial charge is 0.494 e. The zero-order valence-corrected chi connectivity index (χ0v) is 18.3. The Morgan fingerprint density at radius 3 is 2.72 bits per heavy atom. The summed E-state index contributed by atoms with van der Waals surface area (Å²) in [6, 6.07) is 21.8. The minimum absolute atomic E-state index is 0.127. The van der Waals surface area contributed by atoms with Gasteiger partial charge in [0.25, 0.3) is 0 Å². The number of aromatic nitrogens is 2. The van der Waals surface area contributed by atoms with Crippen molar-refractivity contribution in [2.75, 3.05) is 18.5 Å². The van der Waals surface area contributed by atoms with Gasteiger partial charge in [-0.15, -0.1) is 0 Å². The van der Waals surface area contributed by atoms with E-state index in [1.807, 2.05) is 89.3 Å². The maximum absolute atomic E-state index is 13.4. The lowest BCUT2D eigenvalue weighted by molar-refractivity contribution is 0.206. The number of ether oxygens (including phenoxy) is 1. The van der Waals surface area contributed by atoms with Crippen LogP contribution in [0.25, 0.3) is 10.8 Å². The number of nitrogens with zero attached hydrogens (tertiary/aromatic N) is 3. The zero-order chi connectivity index (χ0) is 22.2. The maximum atomic E-state index is 13.4. The van der Waals surface area contributed by atoms with Crippen molar-refractivity contribution in [1.29, 1.82) is 0 Å². The van der Waals surface area contributed by atoms with Crippen LogP contribution in [0.5, 0.6) is 5.75 Å².